The van der Waals surface area contributed by atoms with Crippen LogP contribution in [-0.2, 0) is 0 Å². The Kier molecular flexibility index (Phi) is 5.22. The standard InChI is InChI=1S/C25H18ClN5O3/c1-14-11-15(2)31(29-14)22-10-7-16(13-27-22)23(32)28-17-8-9-21(20(26)12-17)30-24(33)18-5-3-4-6-19(18)25(30)34/h3-13H,1-2H3,(H,28,32). The fraction of sp³-hybridized carbons (Fsp3) is 0.0800. The van der Waals surface area contributed by atoms with E-state index in [1.54, 1.807) is 47.1 Å². The number of rotatable bonds is 4. The minimum absolute atomic E-state index is 0.158. The molecule has 0 radical (unpaired) electrons. The molecule has 0 aliphatic carbocycles. The first-order valence-corrected chi connectivity index (χ1v) is 10.8. The van der Waals surface area contributed by atoms with Crippen LogP contribution in [0.1, 0.15) is 42.5 Å². The van der Waals surface area contributed by atoms with E-state index in [1.165, 1.54) is 18.3 Å². The maximum atomic E-state index is 12.7. The highest BCUT2D eigenvalue weighted by molar-refractivity contribution is 6.40. The molecule has 2 aromatic carbocycles. The number of carbonyl (C=O) groups is 3. The summed E-state index contributed by atoms with van der Waals surface area (Å²) in [4.78, 5) is 43.5. The molecule has 5 rings (SSSR count). The highest BCUT2D eigenvalue weighted by atomic mass is 35.5. The number of halogens is 1. The molecule has 9 heteroatoms. The zero-order valence-electron chi connectivity index (χ0n) is 18.2. The van der Waals surface area contributed by atoms with Gasteiger partial charge < -0.3 is 5.32 Å². The number of hydrogen-bond acceptors (Lipinski definition) is 5. The van der Waals surface area contributed by atoms with Crippen LogP contribution < -0.4 is 10.2 Å². The Bertz CT molecular complexity index is 1440. The van der Waals surface area contributed by atoms with Gasteiger partial charge in [-0.15, -0.1) is 0 Å². The molecule has 0 saturated carbocycles. The van der Waals surface area contributed by atoms with Crippen molar-refractivity contribution in [1.29, 1.82) is 0 Å². The predicted molar refractivity (Wildman–Crippen MR) is 128 cm³/mol. The summed E-state index contributed by atoms with van der Waals surface area (Å²) < 4.78 is 1.70. The van der Waals surface area contributed by atoms with E-state index in [-0.39, 0.29) is 16.6 Å². The number of pyridine rings is 1. The summed E-state index contributed by atoms with van der Waals surface area (Å²) in [6.45, 7) is 3.83. The lowest BCUT2D eigenvalue weighted by Gasteiger charge is -2.16. The summed E-state index contributed by atoms with van der Waals surface area (Å²) in [7, 11) is 0. The largest absolute Gasteiger partial charge is 0.322 e. The van der Waals surface area contributed by atoms with Crippen LogP contribution in [0.25, 0.3) is 5.82 Å². The Hall–Kier alpha value is -4.30. The molecule has 1 aliphatic rings. The van der Waals surface area contributed by atoms with Gasteiger partial charge in [0.2, 0.25) is 0 Å². The molecule has 1 aliphatic heterocycles. The number of amides is 3. The smallest absolute Gasteiger partial charge is 0.266 e. The Morgan fingerprint density at radius 2 is 1.65 bits per heavy atom. The van der Waals surface area contributed by atoms with Gasteiger partial charge in [-0.25, -0.2) is 14.6 Å². The molecule has 0 saturated heterocycles. The van der Waals surface area contributed by atoms with Crippen molar-refractivity contribution in [3.8, 4) is 5.82 Å². The van der Waals surface area contributed by atoms with Gasteiger partial charge in [-0.05, 0) is 62.4 Å². The number of imide groups is 1. The van der Waals surface area contributed by atoms with E-state index < -0.39 is 11.8 Å². The highest BCUT2D eigenvalue weighted by Gasteiger charge is 2.37. The summed E-state index contributed by atoms with van der Waals surface area (Å²) in [5, 5.41) is 7.30. The maximum absolute atomic E-state index is 12.7. The minimum atomic E-state index is -0.437. The lowest BCUT2D eigenvalue weighted by Crippen LogP contribution is -2.29. The minimum Gasteiger partial charge on any atom is -0.322 e. The second kappa shape index (κ2) is 8.24. The lowest BCUT2D eigenvalue weighted by atomic mass is 10.1. The molecule has 3 heterocycles. The van der Waals surface area contributed by atoms with E-state index in [2.05, 4.69) is 15.4 Å². The molecule has 0 fully saturated rings. The number of carbonyl (C=O) groups excluding carboxylic acids is 3. The Labute approximate surface area is 199 Å². The molecule has 2 aromatic heterocycles. The molecule has 168 valence electrons. The van der Waals surface area contributed by atoms with Crippen molar-refractivity contribution in [2.45, 2.75) is 13.8 Å². The topological polar surface area (TPSA) is 97.2 Å². The fourth-order valence-corrected chi connectivity index (χ4v) is 4.15. The van der Waals surface area contributed by atoms with Gasteiger partial charge in [0.15, 0.2) is 5.82 Å². The number of fused-ring (bicyclic) bond motifs is 1. The molecule has 3 amide bonds. The molecule has 0 unspecified atom stereocenters. The summed E-state index contributed by atoms with van der Waals surface area (Å²) in [5.41, 5.74) is 3.50. The van der Waals surface area contributed by atoms with Crippen molar-refractivity contribution < 1.29 is 14.4 Å². The second-order valence-electron chi connectivity index (χ2n) is 7.86. The van der Waals surface area contributed by atoms with Gasteiger partial charge in [-0.2, -0.15) is 5.10 Å². The van der Waals surface area contributed by atoms with Gasteiger partial charge in [-0.1, -0.05) is 23.7 Å². The first-order chi connectivity index (χ1) is 16.3. The summed E-state index contributed by atoms with van der Waals surface area (Å²) >= 11 is 6.40. The molecular formula is C25H18ClN5O3. The van der Waals surface area contributed by atoms with Crippen LogP contribution in [0.2, 0.25) is 5.02 Å². The van der Waals surface area contributed by atoms with Crippen LogP contribution in [-0.4, -0.2) is 32.5 Å². The summed E-state index contributed by atoms with van der Waals surface area (Å²) in [6, 6.07) is 16.5. The van der Waals surface area contributed by atoms with Gasteiger partial charge in [0.25, 0.3) is 17.7 Å². The number of hydrogen-bond donors (Lipinski definition) is 1. The van der Waals surface area contributed by atoms with Crippen LogP contribution >= 0.6 is 11.6 Å². The second-order valence-corrected chi connectivity index (χ2v) is 8.26. The third-order valence-electron chi connectivity index (χ3n) is 5.48. The zero-order chi connectivity index (χ0) is 24.0. The molecule has 8 nitrogen and oxygen atoms in total. The van der Waals surface area contributed by atoms with Crippen molar-refractivity contribution in [2.75, 3.05) is 10.2 Å². The Balaban J connectivity index is 1.34. The molecule has 4 aromatic rings. The third-order valence-corrected chi connectivity index (χ3v) is 5.78. The lowest BCUT2D eigenvalue weighted by molar-refractivity contribution is 0.0924. The molecule has 0 atom stereocenters. The molecular weight excluding hydrogens is 454 g/mol. The quantitative estimate of drug-likeness (QED) is 0.439. The van der Waals surface area contributed by atoms with E-state index in [9.17, 15) is 14.4 Å². The first-order valence-electron chi connectivity index (χ1n) is 10.4. The van der Waals surface area contributed by atoms with E-state index >= 15 is 0 Å². The van der Waals surface area contributed by atoms with Crippen LogP contribution in [0.3, 0.4) is 0 Å². The first kappa shape index (κ1) is 21.5. The van der Waals surface area contributed by atoms with Gasteiger partial charge in [0.05, 0.1) is 33.1 Å². The van der Waals surface area contributed by atoms with Crippen molar-refractivity contribution >= 4 is 40.7 Å². The number of anilines is 2. The Morgan fingerprint density at radius 3 is 2.21 bits per heavy atom. The average molecular weight is 472 g/mol. The average Bonchev–Trinajstić information content (AvgIpc) is 3.29. The van der Waals surface area contributed by atoms with Gasteiger partial charge in [0.1, 0.15) is 0 Å². The van der Waals surface area contributed by atoms with Gasteiger partial charge >= 0.3 is 0 Å². The zero-order valence-corrected chi connectivity index (χ0v) is 19.0. The van der Waals surface area contributed by atoms with Crippen molar-refractivity contribution in [3.05, 3.63) is 100.0 Å². The molecule has 0 spiro atoms. The van der Waals surface area contributed by atoms with E-state index in [4.69, 9.17) is 11.6 Å². The number of benzene rings is 2. The van der Waals surface area contributed by atoms with Crippen molar-refractivity contribution in [2.24, 2.45) is 0 Å². The van der Waals surface area contributed by atoms with Crippen LogP contribution in [0.5, 0.6) is 0 Å². The van der Waals surface area contributed by atoms with Gasteiger partial charge in [-0.3, -0.25) is 14.4 Å². The number of nitrogens with one attached hydrogen (secondary N) is 1. The van der Waals surface area contributed by atoms with E-state index in [0.29, 0.717) is 28.2 Å². The van der Waals surface area contributed by atoms with Crippen molar-refractivity contribution in [1.82, 2.24) is 14.8 Å². The number of nitrogens with zero attached hydrogens (tertiary/aromatic N) is 4. The van der Waals surface area contributed by atoms with Crippen LogP contribution in [0.4, 0.5) is 11.4 Å². The van der Waals surface area contributed by atoms with Gasteiger partial charge in [0, 0.05) is 17.6 Å². The highest BCUT2D eigenvalue weighted by Crippen LogP contribution is 2.34. The SMILES string of the molecule is Cc1cc(C)n(-c2ccc(C(=O)Nc3ccc(N4C(=O)c5ccccc5C4=O)c(Cl)c3)cn2)n1. The van der Waals surface area contributed by atoms with E-state index in [0.717, 1.165) is 16.3 Å². The fourth-order valence-electron chi connectivity index (χ4n) is 3.88. The molecule has 1 N–H and O–H groups in total. The number of aromatic nitrogens is 3. The summed E-state index contributed by atoms with van der Waals surface area (Å²) in [6.07, 6.45) is 1.47. The Morgan fingerprint density at radius 1 is 0.941 bits per heavy atom. The number of aryl methyl sites for hydroxylation is 2. The van der Waals surface area contributed by atoms with Crippen LogP contribution in [0, 0.1) is 13.8 Å². The molecule has 0 bridgehead atoms. The normalized spacial score (nSPS) is 12.7. The third kappa shape index (κ3) is 3.64. The predicted octanol–water partition coefficient (Wildman–Crippen LogP) is 4.59. The monoisotopic (exact) mass is 471 g/mol. The van der Waals surface area contributed by atoms with E-state index in [1.807, 2.05) is 19.9 Å². The van der Waals surface area contributed by atoms with Crippen molar-refractivity contribution in [3.63, 3.8) is 0 Å². The summed E-state index contributed by atoms with van der Waals surface area (Å²) in [5.74, 6) is -0.645. The molecule has 34 heavy (non-hydrogen) atoms. The maximum Gasteiger partial charge on any atom is 0.266 e. The van der Waals surface area contributed by atoms with Crippen LogP contribution in [0.15, 0.2) is 66.9 Å².